The van der Waals surface area contributed by atoms with Crippen molar-refractivity contribution in [2.24, 2.45) is 11.7 Å². The van der Waals surface area contributed by atoms with Crippen LogP contribution in [0.5, 0.6) is 0 Å². The number of fused-ring (bicyclic) bond motifs is 1. The minimum atomic E-state index is -1.33. The molecule has 1 saturated heterocycles. The van der Waals surface area contributed by atoms with Gasteiger partial charge in [0.2, 0.25) is 0 Å². The van der Waals surface area contributed by atoms with Crippen LogP contribution >= 0.6 is 0 Å². The molecular weight excluding hydrogens is 360 g/mol. The van der Waals surface area contributed by atoms with Crippen LogP contribution in [-0.4, -0.2) is 71.4 Å². The first-order chi connectivity index (χ1) is 12.8. The summed E-state index contributed by atoms with van der Waals surface area (Å²) >= 11 is 0. The molecule has 5 atom stereocenters. The van der Waals surface area contributed by atoms with Gasteiger partial charge in [0.1, 0.15) is 24.2 Å². The van der Waals surface area contributed by atoms with Gasteiger partial charge in [0, 0.05) is 6.42 Å². The van der Waals surface area contributed by atoms with Crippen LogP contribution in [0, 0.1) is 5.92 Å². The number of nitrogens with two attached hydrogens (primary N) is 2. The molecule has 2 aromatic heterocycles. The Kier molecular flexibility index (Phi) is 5.32. The number of aliphatic carboxylic acids is 1. The van der Waals surface area contributed by atoms with Crippen LogP contribution in [0.15, 0.2) is 12.7 Å². The number of hydrogen-bond acceptors (Lipinski definition) is 10. The molecule has 1 aliphatic heterocycles. The second kappa shape index (κ2) is 7.52. The third-order valence-electron chi connectivity index (χ3n) is 4.57. The summed E-state index contributed by atoms with van der Waals surface area (Å²) in [4.78, 5) is 35.6. The van der Waals surface area contributed by atoms with Crippen LogP contribution in [-0.2, 0) is 14.3 Å². The number of hydrogen-bond donors (Lipinski definition) is 5. The fraction of sp³-hybridized carbons (Fsp3) is 0.533. The van der Waals surface area contributed by atoms with Crippen LogP contribution in [0.3, 0.4) is 0 Å². The van der Waals surface area contributed by atoms with E-state index in [1.165, 1.54) is 17.2 Å². The summed E-state index contributed by atoms with van der Waals surface area (Å²) in [6, 6.07) is -1.11. The number of aromatic nitrogens is 4. The van der Waals surface area contributed by atoms with Crippen LogP contribution in [0.4, 0.5) is 5.82 Å². The van der Waals surface area contributed by atoms with Crippen LogP contribution in [0.1, 0.15) is 19.1 Å². The number of nitrogens with zero attached hydrogens (tertiary/aromatic N) is 4. The lowest BCUT2D eigenvalue weighted by molar-refractivity contribution is -0.137. The Bertz CT molecular complexity index is 856. The van der Waals surface area contributed by atoms with E-state index in [0.717, 1.165) is 0 Å². The number of aliphatic hydroxyl groups excluding tert-OH is 2. The quantitative estimate of drug-likeness (QED) is 0.357. The molecule has 12 heteroatoms. The minimum absolute atomic E-state index is 0.0896. The van der Waals surface area contributed by atoms with Gasteiger partial charge in [0.15, 0.2) is 17.2 Å². The van der Waals surface area contributed by atoms with E-state index in [9.17, 15) is 19.8 Å². The minimum Gasteiger partial charge on any atom is -0.481 e. The van der Waals surface area contributed by atoms with Crippen molar-refractivity contribution in [2.75, 3.05) is 12.3 Å². The van der Waals surface area contributed by atoms with Crippen molar-refractivity contribution in [3.8, 4) is 0 Å². The smallest absolute Gasteiger partial charge is 0.303 e. The number of nitrogen functional groups attached to an aromatic ring is 1. The summed E-state index contributed by atoms with van der Waals surface area (Å²) in [6.45, 7) is -0.518. The number of carboxylic acids is 1. The highest BCUT2D eigenvalue weighted by Gasteiger charge is 2.49. The lowest BCUT2D eigenvalue weighted by Gasteiger charge is -2.23. The van der Waals surface area contributed by atoms with E-state index >= 15 is 0 Å². The predicted molar refractivity (Wildman–Crippen MR) is 90.1 cm³/mol. The topological polar surface area (TPSA) is 200 Å². The van der Waals surface area contributed by atoms with E-state index in [0.29, 0.717) is 5.52 Å². The summed E-state index contributed by atoms with van der Waals surface area (Å²) in [5.74, 6) is -2.66. The number of carbonyl (C=O) groups is 2. The van der Waals surface area contributed by atoms with Crippen LogP contribution < -0.4 is 11.5 Å². The summed E-state index contributed by atoms with van der Waals surface area (Å²) in [5.41, 5.74) is 12.2. The summed E-state index contributed by atoms with van der Waals surface area (Å²) < 4.78 is 7.07. The molecule has 0 unspecified atom stereocenters. The number of carboxylic acid groups (broad SMARTS) is 1. The van der Waals surface area contributed by atoms with E-state index in [-0.39, 0.29) is 24.3 Å². The van der Waals surface area contributed by atoms with Gasteiger partial charge in [-0.1, -0.05) is 0 Å². The van der Waals surface area contributed by atoms with E-state index in [1.54, 1.807) is 0 Å². The SMILES string of the molecule is Nc1ncnc2c1ncn2[C@@H]1O[C@H](CO)[C@@H](O)[C@H]1C(=O)[C@@H](N)CCC(=O)O. The van der Waals surface area contributed by atoms with E-state index in [1.807, 2.05) is 0 Å². The highest BCUT2D eigenvalue weighted by atomic mass is 16.5. The van der Waals surface area contributed by atoms with Gasteiger partial charge in [-0.15, -0.1) is 0 Å². The van der Waals surface area contributed by atoms with Crippen molar-refractivity contribution < 1.29 is 29.6 Å². The molecule has 0 radical (unpaired) electrons. The maximum absolute atomic E-state index is 12.8. The molecule has 0 aromatic carbocycles. The number of imidazole rings is 1. The molecule has 7 N–H and O–H groups in total. The van der Waals surface area contributed by atoms with Gasteiger partial charge in [-0.3, -0.25) is 14.2 Å². The Morgan fingerprint density at radius 2 is 2.07 bits per heavy atom. The molecule has 146 valence electrons. The monoisotopic (exact) mass is 380 g/mol. The molecule has 3 rings (SSSR count). The highest BCUT2D eigenvalue weighted by Crippen LogP contribution is 2.37. The predicted octanol–water partition coefficient (Wildman–Crippen LogP) is -1.96. The van der Waals surface area contributed by atoms with Gasteiger partial charge in [0.05, 0.1) is 31.0 Å². The molecule has 1 fully saturated rings. The zero-order valence-corrected chi connectivity index (χ0v) is 14.2. The molecule has 0 amide bonds. The molecule has 0 aliphatic carbocycles. The van der Waals surface area contributed by atoms with Crippen LogP contribution in [0.2, 0.25) is 0 Å². The van der Waals surface area contributed by atoms with Crippen molar-refractivity contribution in [3.63, 3.8) is 0 Å². The van der Waals surface area contributed by atoms with Crippen LogP contribution in [0.25, 0.3) is 11.2 Å². The Morgan fingerprint density at radius 3 is 2.74 bits per heavy atom. The first-order valence-electron chi connectivity index (χ1n) is 8.23. The lowest BCUT2D eigenvalue weighted by Crippen LogP contribution is -2.43. The van der Waals surface area contributed by atoms with Gasteiger partial charge in [-0.05, 0) is 6.42 Å². The standard InChI is InChI=1S/C15H20N6O6/c16-6(1-2-8(23)24)11(25)9-12(26)7(3-22)27-15(9)21-5-20-10-13(17)18-4-19-14(10)21/h4-7,9,12,15,22,26H,1-3,16H2,(H,23,24)(H2,17,18,19)/t6-,7+,9+,12+,15+/m0/s1. The Labute approximate surface area is 152 Å². The Hall–Kier alpha value is -2.67. The zero-order chi connectivity index (χ0) is 19.7. The molecule has 1 aliphatic rings. The molecule has 2 aromatic rings. The normalized spacial score (nSPS) is 26.3. The van der Waals surface area contributed by atoms with Crippen molar-refractivity contribution in [1.29, 1.82) is 0 Å². The van der Waals surface area contributed by atoms with Crippen molar-refractivity contribution in [3.05, 3.63) is 12.7 Å². The van der Waals surface area contributed by atoms with E-state index in [2.05, 4.69) is 15.0 Å². The van der Waals surface area contributed by atoms with E-state index < -0.39 is 48.8 Å². The summed E-state index contributed by atoms with van der Waals surface area (Å²) in [6.07, 6.45) is -1.21. The number of carbonyl (C=O) groups excluding carboxylic acids is 1. The Balaban J connectivity index is 1.95. The number of aliphatic hydroxyl groups is 2. The third kappa shape index (κ3) is 3.47. The van der Waals surface area contributed by atoms with Gasteiger partial charge in [-0.2, -0.15) is 0 Å². The van der Waals surface area contributed by atoms with E-state index in [4.69, 9.17) is 21.3 Å². The number of Topliss-reactive ketones (excluding diaryl/α,β-unsaturated/α-hetero) is 1. The molecule has 0 spiro atoms. The first kappa shape index (κ1) is 19.1. The highest BCUT2D eigenvalue weighted by molar-refractivity contribution is 5.88. The zero-order valence-electron chi connectivity index (χ0n) is 14.2. The summed E-state index contributed by atoms with van der Waals surface area (Å²) in [5, 5.41) is 28.7. The van der Waals surface area contributed by atoms with Gasteiger partial charge in [0.25, 0.3) is 0 Å². The fourth-order valence-corrected chi connectivity index (χ4v) is 3.17. The fourth-order valence-electron chi connectivity index (χ4n) is 3.17. The van der Waals surface area contributed by atoms with Gasteiger partial charge in [-0.25, -0.2) is 15.0 Å². The van der Waals surface area contributed by atoms with Crippen molar-refractivity contribution in [1.82, 2.24) is 19.5 Å². The van der Waals surface area contributed by atoms with Crippen molar-refractivity contribution in [2.45, 2.75) is 37.3 Å². The molecule has 3 heterocycles. The number of ketones is 1. The lowest BCUT2D eigenvalue weighted by atomic mass is 9.89. The molecule has 27 heavy (non-hydrogen) atoms. The molecule has 0 bridgehead atoms. The average molecular weight is 380 g/mol. The molecule has 12 nitrogen and oxygen atoms in total. The first-order valence-corrected chi connectivity index (χ1v) is 8.23. The van der Waals surface area contributed by atoms with Gasteiger partial charge >= 0.3 is 5.97 Å². The number of ether oxygens (including phenoxy) is 1. The molecular formula is C15H20N6O6. The van der Waals surface area contributed by atoms with Crippen molar-refractivity contribution >= 4 is 28.7 Å². The third-order valence-corrected chi connectivity index (χ3v) is 4.57. The second-order valence-corrected chi connectivity index (χ2v) is 6.29. The maximum atomic E-state index is 12.8. The number of rotatable bonds is 7. The average Bonchev–Trinajstić information content (AvgIpc) is 3.20. The summed E-state index contributed by atoms with van der Waals surface area (Å²) in [7, 11) is 0. The van der Waals surface area contributed by atoms with Gasteiger partial charge < -0.3 is 31.5 Å². The maximum Gasteiger partial charge on any atom is 0.303 e. The second-order valence-electron chi connectivity index (χ2n) is 6.29. The molecule has 0 saturated carbocycles. The Morgan fingerprint density at radius 1 is 1.33 bits per heavy atom. The number of anilines is 1. The largest absolute Gasteiger partial charge is 0.481 e.